The SMILES string of the molecule is Cc1ccc(O)c(CNCCC(F)(F)F)c1. The van der Waals surface area contributed by atoms with E-state index in [1.807, 2.05) is 6.92 Å². The maximum Gasteiger partial charge on any atom is 0.390 e. The predicted octanol–water partition coefficient (Wildman–Crippen LogP) is 2.74. The molecule has 0 aliphatic carbocycles. The van der Waals surface area contributed by atoms with Gasteiger partial charge in [0.05, 0.1) is 6.42 Å². The van der Waals surface area contributed by atoms with Gasteiger partial charge in [0.25, 0.3) is 0 Å². The second kappa shape index (κ2) is 5.21. The zero-order chi connectivity index (χ0) is 12.2. The largest absolute Gasteiger partial charge is 0.508 e. The number of alkyl halides is 3. The molecule has 1 rings (SSSR count). The van der Waals surface area contributed by atoms with Gasteiger partial charge in [0, 0.05) is 18.7 Å². The molecule has 1 aromatic rings. The number of benzene rings is 1. The van der Waals surface area contributed by atoms with Gasteiger partial charge in [0.15, 0.2) is 0 Å². The molecular formula is C11H14F3NO. The second-order valence-corrected chi connectivity index (χ2v) is 3.67. The van der Waals surface area contributed by atoms with Crippen molar-refractivity contribution >= 4 is 0 Å². The summed E-state index contributed by atoms with van der Waals surface area (Å²) in [6.07, 6.45) is -5.00. The molecule has 16 heavy (non-hydrogen) atoms. The fourth-order valence-corrected chi connectivity index (χ4v) is 1.31. The summed E-state index contributed by atoms with van der Waals surface area (Å²) < 4.78 is 35.5. The molecule has 0 amide bonds. The minimum absolute atomic E-state index is 0.102. The van der Waals surface area contributed by atoms with Gasteiger partial charge in [-0.25, -0.2) is 0 Å². The lowest BCUT2D eigenvalue weighted by Crippen LogP contribution is -2.21. The number of rotatable bonds is 4. The van der Waals surface area contributed by atoms with Gasteiger partial charge in [-0.2, -0.15) is 13.2 Å². The Morgan fingerprint density at radius 3 is 2.62 bits per heavy atom. The van der Waals surface area contributed by atoms with Crippen molar-refractivity contribution in [1.29, 1.82) is 0 Å². The van der Waals surface area contributed by atoms with Crippen LogP contribution in [0.2, 0.25) is 0 Å². The Morgan fingerprint density at radius 2 is 2.00 bits per heavy atom. The number of halogens is 3. The van der Waals surface area contributed by atoms with E-state index in [-0.39, 0.29) is 18.8 Å². The van der Waals surface area contributed by atoms with Gasteiger partial charge in [0.2, 0.25) is 0 Å². The highest BCUT2D eigenvalue weighted by molar-refractivity contribution is 5.35. The van der Waals surface area contributed by atoms with Crippen molar-refractivity contribution in [2.45, 2.75) is 26.1 Å². The van der Waals surface area contributed by atoms with Gasteiger partial charge in [-0.05, 0) is 13.0 Å². The summed E-state index contributed by atoms with van der Waals surface area (Å²) in [6.45, 7) is 1.96. The van der Waals surface area contributed by atoms with Crippen LogP contribution in [0, 0.1) is 6.92 Å². The summed E-state index contributed by atoms with van der Waals surface area (Å²) in [5.41, 5.74) is 1.58. The quantitative estimate of drug-likeness (QED) is 0.784. The molecule has 0 bridgehead atoms. The van der Waals surface area contributed by atoms with Crippen molar-refractivity contribution in [3.63, 3.8) is 0 Å². The van der Waals surface area contributed by atoms with E-state index in [9.17, 15) is 18.3 Å². The van der Waals surface area contributed by atoms with Crippen LogP contribution in [0.1, 0.15) is 17.5 Å². The number of hydrogen-bond donors (Lipinski definition) is 2. The molecular weight excluding hydrogens is 219 g/mol. The van der Waals surface area contributed by atoms with E-state index in [4.69, 9.17) is 0 Å². The van der Waals surface area contributed by atoms with Gasteiger partial charge < -0.3 is 10.4 Å². The molecule has 2 N–H and O–H groups in total. The maximum absolute atomic E-state index is 11.8. The molecule has 0 aliphatic rings. The zero-order valence-electron chi connectivity index (χ0n) is 8.93. The smallest absolute Gasteiger partial charge is 0.390 e. The first-order chi connectivity index (χ1) is 7.38. The number of hydrogen-bond acceptors (Lipinski definition) is 2. The summed E-state index contributed by atoms with van der Waals surface area (Å²) in [5.74, 6) is 0.102. The van der Waals surface area contributed by atoms with Gasteiger partial charge >= 0.3 is 6.18 Å². The highest BCUT2D eigenvalue weighted by atomic mass is 19.4. The normalized spacial score (nSPS) is 11.8. The van der Waals surface area contributed by atoms with Crippen molar-refractivity contribution in [1.82, 2.24) is 5.32 Å². The molecule has 0 atom stereocenters. The number of phenolic OH excluding ortho intramolecular Hbond substituents is 1. The van der Waals surface area contributed by atoms with E-state index >= 15 is 0 Å². The summed E-state index contributed by atoms with van der Waals surface area (Å²) in [6, 6.07) is 5.03. The lowest BCUT2D eigenvalue weighted by atomic mass is 10.1. The van der Waals surface area contributed by atoms with Crippen LogP contribution in [0.15, 0.2) is 18.2 Å². The van der Waals surface area contributed by atoms with Crippen LogP contribution >= 0.6 is 0 Å². The third-order valence-electron chi connectivity index (χ3n) is 2.14. The first kappa shape index (κ1) is 12.8. The molecule has 1 aromatic carbocycles. The summed E-state index contributed by atoms with van der Waals surface area (Å²) >= 11 is 0. The summed E-state index contributed by atoms with van der Waals surface area (Å²) in [5, 5.41) is 12.1. The van der Waals surface area contributed by atoms with Crippen LogP contribution in [0.5, 0.6) is 5.75 Å². The average Bonchev–Trinajstić information content (AvgIpc) is 2.16. The van der Waals surface area contributed by atoms with Crippen LogP contribution in [0.4, 0.5) is 13.2 Å². The number of nitrogens with one attached hydrogen (secondary N) is 1. The Bertz CT molecular complexity index is 350. The summed E-state index contributed by atoms with van der Waals surface area (Å²) in [4.78, 5) is 0. The molecule has 5 heteroatoms. The second-order valence-electron chi connectivity index (χ2n) is 3.67. The molecule has 0 saturated heterocycles. The van der Waals surface area contributed by atoms with E-state index in [1.54, 1.807) is 12.1 Å². The summed E-state index contributed by atoms with van der Waals surface area (Å²) in [7, 11) is 0. The number of aryl methyl sites for hydroxylation is 1. The third-order valence-corrected chi connectivity index (χ3v) is 2.14. The Balaban J connectivity index is 2.40. The first-order valence-corrected chi connectivity index (χ1v) is 4.94. The Kier molecular flexibility index (Phi) is 4.18. The highest BCUT2D eigenvalue weighted by Crippen LogP contribution is 2.20. The van der Waals surface area contributed by atoms with Gasteiger partial charge in [-0.1, -0.05) is 17.7 Å². The van der Waals surface area contributed by atoms with E-state index < -0.39 is 12.6 Å². The van der Waals surface area contributed by atoms with Crippen LogP contribution < -0.4 is 5.32 Å². The van der Waals surface area contributed by atoms with E-state index in [0.717, 1.165) is 5.56 Å². The molecule has 90 valence electrons. The monoisotopic (exact) mass is 233 g/mol. The molecule has 0 heterocycles. The molecule has 0 aliphatic heterocycles. The van der Waals surface area contributed by atoms with E-state index in [2.05, 4.69) is 5.32 Å². The molecule has 0 aromatic heterocycles. The lowest BCUT2D eigenvalue weighted by Gasteiger charge is -2.09. The molecule has 0 saturated carbocycles. The van der Waals surface area contributed by atoms with Crippen LogP contribution in [0.3, 0.4) is 0 Å². The molecule has 0 unspecified atom stereocenters. The van der Waals surface area contributed by atoms with Crippen LogP contribution in [0.25, 0.3) is 0 Å². The minimum Gasteiger partial charge on any atom is -0.508 e. The van der Waals surface area contributed by atoms with Crippen LogP contribution in [-0.2, 0) is 6.54 Å². The van der Waals surface area contributed by atoms with Crippen molar-refractivity contribution in [2.24, 2.45) is 0 Å². The van der Waals surface area contributed by atoms with E-state index in [1.165, 1.54) is 6.07 Å². The van der Waals surface area contributed by atoms with Crippen molar-refractivity contribution in [3.05, 3.63) is 29.3 Å². The molecule has 0 radical (unpaired) electrons. The first-order valence-electron chi connectivity index (χ1n) is 4.94. The van der Waals surface area contributed by atoms with Crippen molar-refractivity contribution in [3.8, 4) is 5.75 Å². The van der Waals surface area contributed by atoms with Crippen molar-refractivity contribution < 1.29 is 18.3 Å². The number of phenols is 1. The minimum atomic E-state index is -4.14. The average molecular weight is 233 g/mol. The highest BCUT2D eigenvalue weighted by Gasteiger charge is 2.25. The van der Waals surface area contributed by atoms with E-state index in [0.29, 0.717) is 5.56 Å². The van der Waals surface area contributed by atoms with Gasteiger partial charge in [0.1, 0.15) is 5.75 Å². The number of aromatic hydroxyl groups is 1. The Hall–Kier alpha value is -1.23. The Labute approximate surface area is 92.1 Å². The lowest BCUT2D eigenvalue weighted by molar-refractivity contribution is -0.133. The predicted molar refractivity (Wildman–Crippen MR) is 55.2 cm³/mol. The molecule has 0 spiro atoms. The van der Waals surface area contributed by atoms with Gasteiger partial charge in [-0.3, -0.25) is 0 Å². The van der Waals surface area contributed by atoms with Crippen molar-refractivity contribution in [2.75, 3.05) is 6.54 Å². The fraction of sp³-hybridized carbons (Fsp3) is 0.455. The topological polar surface area (TPSA) is 32.3 Å². The van der Waals surface area contributed by atoms with Gasteiger partial charge in [-0.15, -0.1) is 0 Å². The van der Waals surface area contributed by atoms with Crippen LogP contribution in [-0.4, -0.2) is 17.8 Å². The standard InChI is InChI=1S/C11H14F3NO/c1-8-2-3-10(16)9(6-8)7-15-5-4-11(12,13)14/h2-3,6,15-16H,4-5,7H2,1H3. The maximum atomic E-state index is 11.8. The zero-order valence-corrected chi connectivity index (χ0v) is 8.93. The molecule has 2 nitrogen and oxygen atoms in total. The fourth-order valence-electron chi connectivity index (χ4n) is 1.31. The third kappa shape index (κ3) is 4.53. The Morgan fingerprint density at radius 1 is 1.31 bits per heavy atom. The molecule has 0 fully saturated rings.